The summed E-state index contributed by atoms with van der Waals surface area (Å²) < 4.78 is 1.97. The Bertz CT molecular complexity index is 1120. The van der Waals surface area contributed by atoms with Crippen LogP contribution >= 0.6 is 0 Å². The number of nitrogens with one attached hydrogen (secondary N) is 2. The van der Waals surface area contributed by atoms with Crippen molar-refractivity contribution in [3.63, 3.8) is 0 Å². The summed E-state index contributed by atoms with van der Waals surface area (Å²) in [5.41, 5.74) is 3.30. The van der Waals surface area contributed by atoms with Gasteiger partial charge in [-0.05, 0) is 53.5 Å². The van der Waals surface area contributed by atoms with Crippen LogP contribution in [-0.4, -0.2) is 24.6 Å². The Morgan fingerprint density at radius 1 is 0.590 bits per heavy atom. The van der Waals surface area contributed by atoms with Gasteiger partial charge in [-0.1, -0.05) is 105 Å². The zero-order valence-electron chi connectivity index (χ0n) is 25.4. The number of aromatic nitrogens is 5. The maximum Gasteiger partial charge on any atom is 0.136 e. The first-order valence-corrected chi connectivity index (χ1v) is 13.9. The summed E-state index contributed by atoms with van der Waals surface area (Å²) in [5.74, 6) is 2.50. The fraction of sp³-hybridized carbons (Fsp3) is 0.353. The van der Waals surface area contributed by atoms with E-state index in [9.17, 15) is 0 Å². The molecule has 0 saturated heterocycles. The van der Waals surface area contributed by atoms with E-state index in [1.807, 2.05) is 83.8 Å². The highest BCUT2D eigenvalue weighted by molar-refractivity contribution is 5.78. The molecule has 0 aliphatic heterocycles. The second kappa shape index (κ2) is 19.2. The first-order valence-electron chi connectivity index (χ1n) is 13.9. The Morgan fingerprint density at radius 2 is 1.13 bits per heavy atom. The average molecular weight is 528 g/mol. The van der Waals surface area contributed by atoms with Crippen LogP contribution < -0.4 is 0 Å². The minimum atomic E-state index is 0.833. The molecule has 5 heteroatoms. The number of pyridine rings is 1. The largest absolute Gasteiger partial charge is 0.361 e. The summed E-state index contributed by atoms with van der Waals surface area (Å²) in [6.07, 6.45) is 9.45. The molecule has 39 heavy (non-hydrogen) atoms. The summed E-state index contributed by atoms with van der Waals surface area (Å²) >= 11 is 0. The fourth-order valence-corrected chi connectivity index (χ4v) is 2.74. The molecule has 0 atom stereocenters. The zero-order valence-corrected chi connectivity index (χ0v) is 25.4. The Hall–Kier alpha value is -3.86. The quantitative estimate of drug-likeness (QED) is 0.206. The van der Waals surface area contributed by atoms with Crippen molar-refractivity contribution in [1.82, 2.24) is 24.6 Å². The molecule has 6 rings (SSSR count). The van der Waals surface area contributed by atoms with Crippen molar-refractivity contribution in [2.45, 2.75) is 62.3 Å². The lowest BCUT2D eigenvalue weighted by Crippen LogP contribution is -1.77. The fourth-order valence-electron chi connectivity index (χ4n) is 2.74. The maximum absolute atomic E-state index is 4.08. The molecular weight excluding hydrogens is 478 g/mol. The van der Waals surface area contributed by atoms with E-state index >= 15 is 0 Å². The van der Waals surface area contributed by atoms with E-state index in [0.717, 1.165) is 34.3 Å². The highest BCUT2D eigenvalue weighted by atomic mass is 15.1. The molecule has 0 fully saturated rings. The van der Waals surface area contributed by atoms with Crippen LogP contribution in [0.1, 0.15) is 62.3 Å². The Labute approximate surface area is 235 Å². The number of aromatic amines is 2. The lowest BCUT2D eigenvalue weighted by atomic mass is 10.3. The van der Waals surface area contributed by atoms with E-state index in [1.54, 1.807) is 6.20 Å². The van der Waals surface area contributed by atoms with Crippen LogP contribution in [0.2, 0.25) is 0 Å². The number of hydrogen-bond donors (Lipinski definition) is 2. The SMILES string of the molecule is CC(C)C.CC(C)C.CC(C)C.c1ccc2[nH]ccc2c1.c1ccc2[nH]ncc2c1.c1ccn2ccnc2c1. The van der Waals surface area contributed by atoms with Gasteiger partial charge in [-0.15, -0.1) is 0 Å². The number of fused-ring (bicyclic) bond motifs is 3. The lowest BCUT2D eigenvalue weighted by molar-refractivity contribution is 0.736. The van der Waals surface area contributed by atoms with E-state index in [0.29, 0.717) is 0 Å². The molecule has 2 N–H and O–H groups in total. The molecule has 0 saturated carbocycles. The van der Waals surface area contributed by atoms with Gasteiger partial charge in [0.05, 0.1) is 11.7 Å². The second-order valence-corrected chi connectivity index (χ2v) is 11.1. The van der Waals surface area contributed by atoms with E-state index in [2.05, 4.69) is 101 Å². The van der Waals surface area contributed by atoms with Gasteiger partial charge in [0.25, 0.3) is 0 Å². The monoisotopic (exact) mass is 527 g/mol. The minimum Gasteiger partial charge on any atom is -0.361 e. The molecule has 4 aromatic heterocycles. The molecular formula is C34H49N5. The van der Waals surface area contributed by atoms with Crippen molar-refractivity contribution in [2.75, 3.05) is 0 Å². The van der Waals surface area contributed by atoms with Crippen molar-refractivity contribution >= 4 is 27.5 Å². The maximum atomic E-state index is 4.08. The molecule has 0 radical (unpaired) electrons. The van der Waals surface area contributed by atoms with Crippen molar-refractivity contribution in [3.8, 4) is 0 Å². The molecule has 0 aliphatic carbocycles. The molecule has 0 unspecified atom stereocenters. The Morgan fingerprint density at radius 3 is 1.69 bits per heavy atom. The van der Waals surface area contributed by atoms with Crippen LogP contribution in [0.15, 0.2) is 104 Å². The third-order valence-corrected chi connectivity index (χ3v) is 4.11. The van der Waals surface area contributed by atoms with Crippen LogP contribution in [0.5, 0.6) is 0 Å². The van der Waals surface area contributed by atoms with E-state index in [-0.39, 0.29) is 0 Å². The number of nitrogens with zero attached hydrogens (tertiary/aromatic N) is 3. The number of para-hydroxylation sites is 2. The van der Waals surface area contributed by atoms with Gasteiger partial charge in [-0.25, -0.2) is 4.98 Å². The summed E-state index contributed by atoms with van der Waals surface area (Å²) in [7, 11) is 0. The van der Waals surface area contributed by atoms with E-state index in [4.69, 9.17) is 0 Å². The van der Waals surface area contributed by atoms with Gasteiger partial charge in [-0.2, -0.15) is 5.10 Å². The van der Waals surface area contributed by atoms with Crippen molar-refractivity contribution in [3.05, 3.63) is 104 Å². The molecule has 0 spiro atoms. The van der Waals surface area contributed by atoms with Gasteiger partial charge in [0.1, 0.15) is 5.65 Å². The molecule has 0 amide bonds. The van der Waals surface area contributed by atoms with Crippen molar-refractivity contribution in [1.29, 1.82) is 0 Å². The third-order valence-electron chi connectivity index (χ3n) is 4.11. The molecule has 0 aliphatic rings. The van der Waals surface area contributed by atoms with Gasteiger partial charge in [0.2, 0.25) is 0 Å². The predicted molar refractivity (Wildman–Crippen MR) is 171 cm³/mol. The van der Waals surface area contributed by atoms with Gasteiger partial charge in [0.15, 0.2) is 0 Å². The topological polar surface area (TPSA) is 61.8 Å². The molecule has 4 heterocycles. The summed E-state index contributed by atoms with van der Waals surface area (Å²) in [6.45, 7) is 19.5. The van der Waals surface area contributed by atoms with E-state index in [1.165, 1.54) is 10.9 Å². The van der Waals surface area contributed by atoms with Crippen LogP contribution in [-0.2, 0) is 0 Å². The second-order valence-electron chi connectivity index (χ2n) is 11.1. The molecule has 0 bridgehead atoms. The number of imidazole rings is 1. The van der Waals surface area contributed by atoms with Gasteiger partial charge in [-0.3, -0.25) is 5.10 Å². The molecule has 5 nitrogen and oxygen atoms in total. The van der Waals surface area contributed by atoms with Crippen molar-refractivity contribution < 1.29 is 0 Å². The normalized spacial score (nSPS) is 9.85. The average Bonchev–Trinajstić information content (AvgIpc) is 3.64. The molecule has 210 valence electrons. The first-order chi connectivity index (χ1) is 18.6. The van der Waals surface area contributed by atoms with Gasteiger partial charge in [0, 0.05) is 35.7 Å². The van der Waals surface area contributed by atoms with Crippen LogP contribution in [0.4, 0.5) is 0 Å². The highest BCUT2D eigenvalue weighted by Gasteiger charge is 1.88. The minimum absolute atomic E-state index is 0.833. The van der Waals surface area contributed by atoms with Crippen LogP contribution in [0.25, 0.3) is 27.5 Å². The Kier molecular flexibility index (Phi) is 16.4. The van der Waals surface area contributed by atoms with Crippen LogP contribution in [0.3, 0.4) is 0 Å². The summed E-state index contributed by atoms with van der Waals surface area (Å²) in [4.78, 5) is 7.20. The van der Waals surface area contributed by atoms with E-state index < -0.39 is 0 Å². The number of hydrogen-bond acceptors (Lipinski definition) is 2. The molecule has 6 aromatic rings. The summed E-state index contributed by atoms with van der Waals surface area (Å²) in [6, 6.07) is 24.2. The standard InChI is InChI=1S/C8H7N.2C7H6N2.3C4H10/c1-2-4-8-7(3-1)5-6-9-8;1-2-5-9-6-4-8-7(9)3-1;1-2-4-7-6(3-1)5-8-9-7;3*1-4(2)3/h1-6,9H;1-6H;1-5H,(H,8,9);3*4H,1-3H3. The first kappa shape index (κ1) is 33.2. The van der Waals surface area contributed by atoms with Crippen molar-refractivity contribution in [2.24, 2.45) is 17.8 Å². The number of benzene rings is 2. The predicted octanol–water partition coefficient (Wildman–Crippen LogP) is 10.1. The summed E-state index contributed by atoms with van der Waals surface area (Å²) in [5, 5.41) is 9.19. The third kappa shape index (κ3) is 15.9. The molecule has 2 aromatic carbocycles. The highest BCUT2D eigenvalue weighted by Crippen LogP contribution is 2.09. The number of rotatable bonds is 0. The zero-order chi connectivity index (χ0) is 29.0. The van der Waals surface area contributed by atoms with Crippen LogP contribution in [0, 0.1) is 17.8 Å². The van der Waals surface area contributed by atoms with Gasteiger partial charge >= 0.3 is 0 Å². The van der Waals surface area contributed by atoms with Gasteiger partial charge < -0.3 is 9.38 Å². The lowest BCUT2D eigenvalue weighted by Gasteiger charge is -1.86. The Balaban J connectivity index is 0.000000245. The smallest absolute Gasteiger partial charge is 0.136 e. The number of H-pyrrole nitrogens is 2.